The van der Waals surface area contributed by atoms with Crippen LogP contribution in [-0.2, 0) is 6.42 Å². The van der Waals surface area contributed by atoms with Crippen LogP contribution in [0, 0.1) is 3.57 Å². The number of aromatic nitrogens is 3. The molecular weight excluding hydrogens is 327 g/mol. The van der Waals surface area contributed by atoms with Gasteiger partial charge in [-0.25, -0.2) is 4.98 Å². The van der Waals surface area contributed by atoms with Crippen LogP contribution in [0.5, 0.6) is 0 Å². The highest BCUT2D eigenvalue weighted by atomic mass is 127. The number of H-pyrrole nitrogens is 1. The quantitative estimate of drug-likeness (QED) is 0.820. The van der Waals surface area contributed by atoms with E-state index >= 15 is 0 Å². The van der Waals surface area contributed by atoms with Crippen molar-refractivity contribution < 1.29 is 0 Å². The average molecular weight is 342 g/mol. The molecule has 0 amide bonds. The number of nitrogens with one attached hydrogen (secondary N) is 2. The first-order valence-corrected chi connectivity index (χ1v) is 6.66. The standard InChI is InChI=1S/C12H15IN4/c1-9(10-2-4-11(13)5-3-10)14-7-6-12-15-8-16-17-12/h2-5,8-9,14H,6-7H2,1H3,(H,15,16,17). The predicted molar refractivity (Wildman–Crippen MR) is 75.7 cm³/mol. The Balaban J connectivity index is 1.81. The number of halogens is 1. The van der Waals surface area contributed by atoms with Crippen molar-refractivity contribution in [2.24, 2.45) is 0 Å². The highest BCUT2D eigenvalue weighted by molar-refractivity contribution is 14.1. The molecule has 1 aromatic heterocycles. The molecule has 0 radical (unpaired) electrons. The lowest BCUT2D eigenvalue weighted by atomic mass is 10.1. The molecule has 0 aliphatic rings. The Morgan fingerprint density at radius 1 is 1.35 bits per heavy atom. The topological polar surface area (TPSA) is 53.6 Å². The van der Waals surface area contributed by atoms with Gasteiger partial charge in [0.25, 0.3) is 0 Å². The normalized spacial score (nSPS) is 12.6. The van der Waals surface area contributed by atoms with E-state index in [1.165, 1.54) is 15.5 Å². The smallest absolute Gasteiger partial charge is 0.137 e. The zero-order valence-corrected chi connectivity index (χ0v) is 11.8. The number of benzene rings is 1. The van der Waals surface area contributed by atoms with Crippen molar-refractivity contribution in [3.63, 3.8) is 0 Å². The van der Waals surface area contributed by atoms with Gasteiger partial charge in [0, 0.05) is 22.6 Å². The molecule has 2 N–H and O–H groups in total. The summed E-state index contributed by atoms with van der Waals surface area (Å²) in [6, 6.07) is 8.94. The lowest BCUT2D eigenvalue weighted by Gasteiger charge is -2.13. The van der Waals surface area contributed by atoms with Crippen LogP contribution in [0.1, 0.15) is 24.4 Å². The second-order valence-corrected chi connectivity index (χ2v) is 5.16. The minimum atomic E-state index is 0.356. The van der Waals surface area contributed by atoms with Crippen LogP contribution >= 0.6 is 22.6 Å². The van der Waals surface area contributed by atoms with Gasteiger partial charge < -0.3 is 5.32 Å². The molecule has 0 saturated carbocycles. The molecule has 2 rings (SSSR count). The van der Waals surface area contributed by atoms with Crippen LogP contribution < -0.4 is 5.32 Å². The molecular formula is C12H15IN4. The Morgan fingerprint density at radius 3 is 2.76 bits per heavy atom. The number of rotatable bonds is 5. The number of hydrogen-bond acceptors (Lipinski definition) is 3. The zero-order chi connectivity index (χ0) is 12.1. The molecule has 0 bridgehead atoms. The van der Waals surface area contributed by atoms with Crippen LogP contribution in [0.2, 0.25) is 0 Å². The highest BCUT2D eigenvalue weighted by Gasteiger charge is 2.04. The van der Waals surface area contributed by atoms with Crippen LogP contribution in [-0.4, -0.2) is 21.7 Å². The zero-order valence-electron chi connectivity index (χ0n) is 9.65. The minimum Gasteiger partial charge on any atom is -0.310 e. The maximum atomic E-state index is 4.09. The van der Waals surface area contributed by atoms with Gasteiger partial charge >= 0.3 is 0 Å². The Morgan fingerprint density at radius 2 is 2.12 bits per heavy atom. The fraction of sp³-hybridized carbons (Fsp3) is 0.333. The summed E-state index contributed by atoms with van der Waals surface area (Å²) in [4.78, 5) is 4.09. The van der Waals surface area contributed by atoms with Gasteiger partial charge in [-0.1, -0.05) is 12.1 Å². The van der Waals surface area contributed by atoms with Crippen molar-refractivity contribution in [1.82, 2.24) is 20.5 Å². The van der Waals surface area contributed by atoms with Crippen molar-refractivity contribution in [2.75, 3.05) is 6.54 Å². The first-order chi connectivity index (χ1) is 8.25. The molecule has 0 saturated heterocycles. The summed E-state index contributed by atoms with van der Waals surface area (Å²) >= 11 is 2.32. The van der Waals surface area contributed by atoms with Gasteiger partial charge in [0.1, 0.15) is 12.2 Å². The summed E-state index contributed by atoms with van der Waals surface area (Å²) in [5, 5.41) is 10.1. The van der Waals surface area contributed by atoms with Crippen molar-refractivity contribution in [2.45, 2.75) is 19.4 Å². The summed E-state index contributed by atoms with van der Waals surface area (Å²) < 4.78 is 1.26. The lowest BCUT2D eigenvalue weighted by Crippen LogP contribution is -2.21. The number of aromatic amines is 1. The Kier molecular flexibility index (Phi) is 4.49. The van der Waals surface area contributed by atoms with Crippen molar-refractivity contribution in [3.05, 3.63) is 45.6 Å². The van der Waals surface area contributed by atoms with E-state index in [0.29, 0.717) is 6.04 Å². The maximum absolute atomic E-state index is 4.09. The fourth-order valence-corrected chi connectivity index (χ4v) is 1.99. The van der Waals surface area contributed by atoms with Gasteiger partial charge in [0.15, 0.2) is 0 Å². The molecule has 90 valence electrons. The van der Waals surface area contributed by atoms with Gasteiger partial charge in [-0.05, 0) is 47.2 Å². The molecule has 1 aromatic carbocycles. The molecule has 0 spiro atoms. The van der Waals surface area contributed by atoms with Crippen molar-refractivity contribution in [1.29, 1.82) is 0 Å². The first kappa shape index (κ1) is 12.5. The van der Waals surface area contributed by atoms with Gasteiger partial charge in [0.2, 0.25) is 0 Å². The van der Waals surface area contributed by atoms with E-state index < -0.39 is 0 Å². The molecule has 4 nitrogen and oxygen atoms in total. The van der Waals surface area contributed by atoms with Crippen molar-refractivity contribution >= 4 is 22.6 Å². The van der Waals surface area contributed by atoms with Crippen LogP contribution in [0.4, 0.5) is 0 Å². The number of hydrogen-bond donors (Lipinski definition) is 2. The number of nitrogens with zero attached hydrogens (tertiary/aromatic N) is 2. The van der Waals surface area contributed by atoms with Gasteiger partial charge in [-0.15, -0.1) is 0 Å². The second kappa shape index (κ2) is 6.11. The third-order valence-corrected chi connectivity index (χ3v) is 3.37. The van der Waals surface area contributed by atoms with E-state index in [1.807, 2.05) is 0 Å². The largest absolute Gasteiger partial charge is 0.310 e. The third kappa shape index (κ3) is 3.78. The predicted octanol–water partition coefficient (Wildman–Crippen LogP) is 2.30. The Hall–Kier alpha value is -0.950. The van der Waals surface area contributed by atoms with Crippen LogP contribution in [0.25, 0.3) is 0 Å². The fourth-order valence-electron chi connectivity index (χ4n) is 1.63. The third-order valence-electron chi connectivity index (χ3n) is 2.65. The summed E-state index contributed by atoms with van der Waals surface area (Å²) in [6.07, 6.45) is 2.41. The molecule has 0 aliphatic carbocycles. The van der Waals surface area contributed by atoms with E-state index in [1.54, 1.807) is 0 Å². The molecule has 17 heavy (non-hydrogen) atoms. The summed E-state index contributed by atoms with van der Waals surface area (Å²) in [5.41, 5.74) is 1.31. The van der Waals surface area contributed by atoms with Gasteiger partial charge in [-0.2, -0.15) is 5.10 Å². The molecule has 1 heterocycles. The van der Waals surface area contributed by atoms with Crippen LogP contribution in [0.15, 0.2) is 30.6 Å². The molecule has 1 unspecified atom stereocenters. The summed E-state index contributed by atoms with van der Waals surface area (Å²) in [6.45, 7) is 3.06. The second-order valence-electron chi connectivity index (χ2n) is 3.91. The van der Waals surface area contributed by atoms with Crippen LogP contribution in [0.3, 0.4) is 0 Å². The highest BCUT2D eigenvalue weighted by Crippen LogP contribution is 2.14. The van der Waals surface area contributed by atoms with E-state index in [4.69, 9.17) is 0 Å². The molecule has 0 fully saturated rings. The van der Waals surface area contributed by atoms with Crippen molar-refractivity contribution in [3.8, 4) is 0 Å². The van der Waals surface area contributed by atoms with E-state index in [9.17, 15) is 0 Å². The lowest BCUT2D eigenvalue weighted by molar-refractivity contribution is 0.570. The molecule has 1 atom stereocenters. The van der Waals surface area contributed by atoms with Gasteiger partial charge in [-0.3, -0.25) is 5.10 Å². The van der Waals surface area contributed by atoms with E-state index in [-0.39, 0.29) is 0 Å². The SMILES string of the molecule is CC(NCCc1ncn[nH]1)c1ccc(I)cc1. The maximum Gasteiger partial charge on any atom is 0.137 e. The molecule has 0 aliphatic heterocycles. The summed E-state index contributed by atoms with van der Waals surface area (Å²) in [5.74, 6) is 0.923. The van der Waals surface area contributed by atoms with Gasteiger partial charge in [0.05, 0.1) is 0 Å². The average Bonchev–Trinajstić information content (AvgIpc) is 2.83. The Labute approximate surface area is 114 Å². The summed E-state index contributed by atoms with van der Waals surface area (Å²) in [7, 11) is 0. The molecule has 5 heteroatoms. The monoisotopic (exact) mass is 342 g/mol. The molecule has 2 aromatic rings. The van der Waals surface area contributed by atoms with E-state index in [0.717, 1.165) is 18.8 Å². The Bertz CT molecular complexity index is 438. The minimum absolute atomic E-state index is 0.356. The van der Waals surface area contributed by atoms with E-state index in [2.05, 4.69) is 74.3 Å². The first-order valence-electron chi connectivity index (χ1n) is 5.59.